The molecule has 0 heterocycles. The van der Waals surface area contributed by atoms with E-state index in [0.29, 0.717) is 12.4 Å². The van der Waals surface area contributed by atoms with E-state index in [9.17, 15) is 4.39 Å². The molecule has 84 valence electrons. The van der Waals surface area contributed by atoms with Gasteiger partial charge >= 0.3 is 0 Å². The summed E-state index contributed by atoms with van der Waals surface area (Å²) < 4.78 is 23.7. The summed E-state index contributed by atoms with van der Waals surface area (Å²) in [6.45, 7) is 4.43. The van der Waals surface area contributed by atoms with E-state index < -0.39 is 0 Å². The molecule has 0 fully saturated rings. The first-order valence-corrected chi connectivity index (χ1v) is 5.05. The number of hydrogen-bond donors (Lipinski definition) is 0. The summed E-state index contributed by atoms with van der Waals surface area (Å²) in [5, 5.41) is 0. The minimum Gasteiger partial charge on any atom is -0.488 e. The topological polar surface area (TPSA) is 18.5 Å². The van der Waals surface area contributed by atoms with Crippen molar-refractivity contribution in [2.75, 3.05) is 13.7 Å². The molecule has 0 N–H and O–H groups in total. The fourth-order valence-electron chi connectivity index (χ4n) is 1.26. The molecular weight excluding hydrogens is 195 g/mol. The number of methoxy groups -OCH3 is 1. The van der Waals surface area contributed by atoms with Gasteiger partial charge in [-0.2, -0.15) is 0 Å². The Kier molecular flexibility index (Phi) is 4.56. The minimum absolute atomic E-state index is 0.0405. The molecule has 0 aromatic heterocycles. The molecular formula is C12H17FO2. The van der Waals surface area contributed by atoms with Crippen molar-refractivity contribution < 1.29 is 13.9 Å². The highest BCUT2D eigenvalue weighted by Crippen LogP contribution is 2.20. The maximum atomic E-state index is 13.3. The van der Waals surface area contributed by atoms with Crippen LogP contribution < -0.4 is 4.74 Å². The van der Waals surface area contributed by atoms with Crippen LogP contribution in [0.2, 0.25) is 0 Å². The van der Waals surface area contributed by atoms with Gasteiger partial charge in [0.25, 0.3) is 0 Å². The van der Waals surface area contributed by atoms with Gasteiger partial charge in [-0.05, 0) is 31.5 Å². The Morgan fingerprint density at radius 1 is 1.40 bits per heavy atom. The van der Waals surface area contributed by atoms with Crippen LogP contribution in [0.4, 0.5) is 4.39 Å². The molecule has 1 atom stereocenters. The summed E-state index contributed by atoms with van der Waals surface area (Å²) in [4.78, 5) is 0. The van der Waals surface area contributed by atoms with Crippen LogP contribution in [0.25, 0.3) is 0 Å². The van der Waals surface area contributed by atoms with Crippen LogP contribution in [0, 0.1) is 12.7 Å². The number of benzene rings is 1. The first-order valence-electron chi connectivity index (χ1n) is 5.05. The lowest BCUT2D eigenvalue weighted by Gasteiger charge is -2.15. The van der Waals surface area contributed by atoms with E-state index >= 15 is 0 Å². The standard InChI is InChI=1S/C12H17FO2/c1-9-4-5-11(13)12(8-9)15-10(2)6-7-14-3/h4-5,8,10H,6-7H2,1-3H3. The molecule has 1 aromatic carbocycles. The number of rotatable bonds is 5. The minimum atomic E-state index is -0.315. The third-order valence-electron chi connectivity index (χ3n) is 2.14. The Balaban J connectivity index is 2.59. The second-order valence-electron chi connectivity index (χ2n) is 3.64. The average molecular weight is 212 g/mol. The maximum Gasteiger partial charge on any atom is 0.165 e. The molecule has 0 saturated carbocycles. The van der Waals surface area contributed by atoms with Gasteiger partial charge in [0.2, 0.25) is 0 Å². The van der Waals surface area contributed by atoms with Gasteiger partial charge < -0.3 is 9.47 Å². The van der Waals surface area contributed by atoms with Crippen LogP contribution in [0.5, 0.6) is 5.75 Å². The molecule has 0 bridgehead atoms. The lowest BCUT2D eigenvalue weighted by atomic mass is 10.2. The van der Waals surface area contributed by atoms with Gasteiger partial charge in [0.05, 0.1) is 6.10 Å². The smallest absolute Gasteiger partial charge is 0.165 e. The summed E-state index contributed by atoms with van der Waals surface area (Å²) in [6, 6.07) is 4.86. The summed E-state index contributed by atoms with van der Waals surface area (Å²) in [5.41, 5.74) is 0.991. The largest absolute Gasteiger partial charge is 0.488 e. The van der Waals surface area contributed by atoms with E-state index in [1.165, 1.54) is 6.07 Å². The summed E-state index contributed by atoms with van der Waals surface area (Å²) >= 11 is 0. The first kappa shape index (κ1) is 12.0. The third kappa shape index (κ3) is 3.88. The van der Waals surface area contributed by atoms with Crippen LogP contribution in [0.15, 0.2) is 18.2 Å². The molecule has 0 aliphatic heterocycles. The van der Waals surface area contributed by atoms with Crippen molar-refractivity contribution in [2.45, 2.75) is 26.4 Å². The van der Waals surface area contributed by atoms with Crippen molar-refractivity contribution in [2.24, 2.45) is 0 Å². The molecule has 0 aliphatic carbocycles. The van der Waals surface area contributed by atoms with Crippen LogP contribution >= 0.6 is 0 Å². The van der Waals surface area contributed by atoms with E-state index in [4.69, 9.17) is 9.47 Å². The second kappa shape index (κ2) is 5.71. The third-order valence-corrected chi connectivity index (χ3v) is 2.14. The monoisotopic (exact) mass is 212 g/mol. The van der Waals surface area contributed by atoms with Crippen LogP contribution in [-0.2, 0) is 4.74 Å². The highest BCUT2D eigenvalue weighted by Gasteiger charge is 2.08. The molecule has 1 aromatic rings. The highest BCUT2D eigenvalue weighted by molar-refractivity contribution is 5.29. The molecule has 15 heavy (non-hydrogen) atoms. The van der Waals surface area contributed by atoms with Gasteiger partial charge in [-0.15, -0.1) is 0 Å². The number of aryl methyl sites for hydroxylation is 1. The molecule has 0 aliphatic rings. The van der Waals surface area contributed by atoms with Crippen molar-refractivity contribution in [3.63, 3.8) is 0 Å². The van der Waals surface area contributed by atoms with Crippen molar-refractivity contribution in [1.82, 2.24) is 0 Å². The fourth-order valence-corrected chi connectivity index (χ4v) is 1.26. The first-order chi connectivity index (χ1) is 7.13. The summed E-state index contributed by atoms with van der Waals surface area (Å²) in [7, 11) is 1.64. The number of halogens is 1. The Labute approximate surface area is 90.0 Å². The molecule has 3 heteroatoms. The van der Waals surface area contributed by atoms with Gasteiger partial charge in [-0.1, -0.05) is 6.07 Å². The van der Waals surface area contributed by atoms with Crippen molar-refractivity contribution in [3.05, 3.63) is 29.6 Å². The van der Waals surface area contributed by atoms with Crippen molar-refractivity contribution >= 4 is 0 Å². The van der Waals surface area contributed by atoms with E-state index in [-0.39, 0.29) is 11.9 Å². The highest BCUT2D eigenvalue weighted by atomic mass is 19.1. The van der Waals surface area contributed by atoms with E-state index in [1.54, 1.807) is 19.2 Å². The number of ether oxygens (including phenoxy) is 2. The quantitative estimate of drug-likeness (QED) is 0.747. The predicted molar refractivity (Wildman–Crippen MR) is 57.7 cm³/mol. The number of hydrogen-bond acceptors (Lipinski definition) is 2. The second-order valence-corrected chi connectivity index (χ2v) is 3.64. The van der Waals surface area contributed by atoms with Gasteiger partial charge in [0.15, 0.2) is 11.6 Å². The van der Waals surface area contributed by atoms with Crippen molar-refractivity contribution in [3.8, 4) is 5.75 Å². The van der Waals surface area contributed by atoms with Crippen LogP contribution in [-0.4, -0.2) is 19.8 Å². The summed E-state index contributed by atoms with van der Waals surface area (Å²) in [5.74, 6) is 0.00321. The van der Waals surface area contributed by atoms with Crippen molar-refractivity contribution in [1.29, 1.82) is 0 Å². The SMILES string of the molecule is COCCC(C)Oc1cc(C)ccc1F. The maximum absolute atomic E-state index is 13.3. The molecule has 1 unspecified atom stereocenters. The van der Waals surface area contributed by atoms with Gasteiger partial charge in [-0.25, -0.2) is 4.39 Å². The zero-order valence-electron chi connectivity index (χ0n) is 9.42. The van der Waals surface area contributed by atoms with Crippen LogP contribution in [0.3, 0.4) is 0 Å². The van der Waals surface area contributed by atoms with E-state index in [1.807, 2.05) is 13.8 Å². The lowest BCUT2D eigenvalue weighted by Crippen LogP contribution is -2.15. The average Bonchev–Trinajstić information content (AvgIpc) is 2.20. The fraction of sp³-hybridized carbons (Fsp3) is 0.500. The molecule has 2 nitrogen and oxygen atoms in total. The van der Waals surface area contributed by atoms with Gasteiger partial charge in [0.1, 0.15) is 0 Å². The zero-order chi connectivity index (χ0) is 11.3. The zero-order valence-corrected chi connectivity index (χ0v) is 9.42. The van der Waals surface area contributed by atoms with Crippen LogP contribution in [0.1, 0.15) is 18.9 Å². The molecule has 0 saturated heterocycles. The molecule has 0 spiro atoms. The lowest BCUT2D eigenvalue weighted by molar-refractivity contribution is 0.132. The Morgan fingerprint density at radius 2 is 2.13 bits per heavy atom. The molecule has 0 amide bonds. The van der Waals surface area contributed by atoms with E-state index in [0.717, 1.165) is 12.0 Å². The predicted octanol–water partition coefficient (Wildman–Crippen LogP) is 2.94. The summed E-state index contributed by atoms with van der Waals surface area (Å²) in [6.07, 6.45) is 0.713. The molecule has 0 radical (unpaired) electrons. The van der Waals surface area contributed by atoms with E-state index in [2.05, 4.69) is 0 Å². The normalized spacial score (nSPS) is 12.5. The Hall–Kier alpha value is -1.09. The van der Waals surface area contributed by atoms with Gasteiger partial charge in [-0.3, -0.25) is 0 Å². The van der Waals surface area contributed by atoms with Gasteiger partial charge in [0, 0.05) is 20.1 Å². The Morgan fingerprint density at radius 3 is 2.80 bits per heavy atom. The molecule has 1 rings (SSSR count). The Bertz CT molecular complexity index is 312.